The molecular weight excluding hydrogens is 276 g/mol. The highest BCUT2D eigenvalue weighted by Crippen LogP contribution is 2.16. The highest BCUT2D eigenvalue weighted by molar-refractivity contribution is 5.74. The van der Waals surface area contributed by atoms with Gasteiger partial charge in [0.25, 0.3) is 0 Å². The van der Waals surface area contributed by atoms with Gasteiger partial charge in [-0.15, -0.1) is 0 Å². The van der Waals surface area contributed by atoms with E-state index in [9.17, 15) is 9.59 Å². The number of rotatable bonds is 8. The van der Waals surface area contributed by atoms with E-state index in [2.05, 4.69) is 5.32 Å². The average Bonchev–Trinajstić information content (AvgIpc) is 2.47. The Labute approximate surface area is 123 Å². The molecule has 0 aliphatic rings. The van der Waals surface area contributed by atoms with Crippen LogP contribution in [-0.2, 0) is 4.79 Å². The minimum absolute atomic E-state index is 0.0953. The SMILES string of the molecule is COc1ccc(OCCN(C)C(=O)NCCC(=O)O)cc1. The van der Waals surface area contributed by atoms with E-state index < -0.39 is 5.97 Å². The molecule has 0 aliphatic carbocycles. The molecule has 7 nitrogen and oxygen atoms in total. The van der Waals surface area contributed by atoms with Gasteiger partial charge < -0.3 is 24.8 Å². The molecule has 0 spiro atoms. The standard InChI is InChI=1S/C14H20N2O5/c1-16(14(19)15-8-7-13(17)18)9-10-21-12-5-3-11(20-2)4-6-12/h3-6H,7-10H2,1-2H3,(H,15,19)(H,17,18). The Balaban J connectivity index is 2.23. The lowest BCUT2D eigenvalue weighted by Gasteiger charge is -2.18. The lowest BCUT2D eigenvalue weighted by Crippen LogP contribution is -2.40. The van der Waals surface area contributed by atoms with E-state index in [0.717, 1.165) is 5.75 Å². The Morgan fingerprint density at radius 3 is 2.43 bits per heavy atom. The molecule has 1 aromatic rings. The molecule has 1 aromatic carbocycles. The van der Waals surface area contributed by atoms with Crippen molar-refractivity contribution in [2.24, 2.45) is 0 Å². The second-order valence-corrected chi connectivity index (χ2v) is 4.32. The summed E-state index contributed by atoms with van der Waals surface area (Å²) in [7, 11) is 3.21. The van der Waals surface area contributed by atoms with E-state index >= 15 is 0 Å². The Morgan fingerprint density at radius 1 is 1.24 bits per heavy atom. The van der Waals surface area contributed by atoms with Crippen molar-refractivity contribution in [3.8, 4) is 11.5 Å². The zero-order valence-electron chi connectivity index (χ0n) is 12.2. The molecule has 0 fully saturated rings. The Hall–Kier alpha value is -2.44. The Kier molecular flexibility index (Phi) is 6.86. The molecule has 0 aromatic heterocycles. The van der Waals surface area contributed by atoms with Crippen molar-refractivity contribution in [3.05, 3.63) is 24.3 Å². The second kappa shape index (κ2) is 8.68. The first-order chi connectivity index (χ1) is 10.0. The van der Waals surface area contributed by atoms with Crippen LogP contribution in [0.15, 0.2) is 24.3 Å². The maximum atomic E-state index is 11.6. The maximum Gasteiger partial charge on any atom is 0.317 e. The van der Waals surface area contributed by atoms with Crippen LogP contribution in [0.3, 0.4) is 0 Å². The number of hydrogen-bond acceptors (Lipinski definition) is 4. The highest BCUT2D eigenvalue weighted by Gasteiger charge is 2.08. The van der Waals surface area contributed by atoms with Gasteiger partial charge in [0.15, 0.2) is 0 Å². The van der Waals surface area contributed by atoms with Crippen molar-refractivity contribution in [1.82, 2.24) is 10.2 Å². The summed E-state index contributed by atoms with van der Waals surface area (Å²) in [6, 6.07) is 6.82. The van der Waals surface area contributed by atoms with Crippen LogP contribution in [0, 0.1) is 0 Å². The van der Waals surface area contributed by atoms with Crippen LogP contribution in [0.2, 0.25) is 0 Å². The first kappa shape index (κ1) is 16.6. The normalized spacial score (nSPS) is 9.81. The summed E-state index contributed by atoms with van der Waals surface area (Å²) in [4.78, 5) is 23.4. The predicted molar refractivity (Wildman–Crippen MR) is 76.8 cm³/mol. The average molecular weight is 296 g/mol. The number of urea groups is 1. The molecule has 2 N–H and O–H groups in total. The molecule has 0 heterocycles. The summed E-state index contributed by atoms with van der Waals surface area (Å²) >= 11 is 0. The van der Waals surface area contributed by atoms with Gasteiger partial charge in [0.05, 0.1) is 20.1 Å². The quantitative estimate of drug-likeness (QED) is 0.752. The number of nitrogens with one attached hydrogen (secondary N) is 1. The molecule has 0 bridgehead atoms. The summed E-state index contributed by atoms with van der Waals surface area (Å²) in [6.07, 6.45) is -0.0953. The number of ether oxygens (including phenoxy) is 2. The first-order valence-electron chi connectivity index (χ1n) is 6.50. The Bertz CT molecular complexity index is 461. The number of amides is 2. The smallest absolute Gasteiger partial charge is 0.317 e. The molecule has 0 aliphatic heterocycles. The van der Waals surface area contributed by atoms with Gasteiger partial charge in [-0.05, 0) is 24.3 Å². The number of carboxylic acid groups (broad SMARTS) is 1. The van der Waals surface area contributed by atoms with Crippen LogP contribution in [0.5, 0.6) is 11.5 Å². The number of likely N-dealkylation sites (N-methyl/N-ethyl adjacent to an activating group) is 1. The molecule has 2 amide bonds. The van der Waals surface area contributed by atoms with Crippen LogP contribution < -0.4 is 14.8 Å². The van der Waals surface area contributed by atoms with E-state index in [1.54, 1.807) is 38.4 Å². The van der Waals surface area contributed by atoms with E-state index in [1.807, 2.05) is 0 Å². The molecule has 0 atom stereocenters. The van der Waals surface area contributed by atoms with Crippen LogP contribution >= 0.6 is 0 Å². The fourth-order valence-corrected chi connectivity index (χ4v) is 1.49. The third-order valence-electron chi connectivity index (χ3n) is 2.72. The number of methoxy groups -OCH3 is 1. The largest absolute Gasteiger partial charge is 0.497 e. The number of carboxylic acids is 1. The van der Waals surface area contributed by atoms with Crippen LogP contribution in [-0.4, -0.2) is 55.9 Å². The van der Waals surface area contributed by atoms with E-state index in [-0.39, 0.29) is 19.0 Å². The van der Waals surface area contributed by atoms with Crippen LogP contribution in [0.1, 0.15) is 6.42 Å². The molecule has 116 valence electrons. The summed E-state index contributed by atoms with van der Waals surface area (Å²) in [5, 5.41) is 11.0. The minimum atomic E-state index is -0.944. The summed E-state index contributed by atoms with van der Waals surface area (Å²) in [5.41, 5.74) is 0. The number of benzene rings is 1. The van der Waals surface area contributed by atoms with E-state index in [4.69, 9.17) is 14.6 Å². The molecule has 1 rings (SSSR count). The van der Waals surface area contributed by atoms with Gasteiger partial charge in [0.1, 0.15) is 18.1 Å². The van der Waals surface area contributed by atoms with Gasteiger partial charge in [-0.1, -0.05) is 0 Å². The minimum Gasteiger partial charge on any atom is -0.497 e. The number of carbonyl (C=O) groups excluding carboxylic acids is 1. The van der Waals surface area contributed by atoms with Crippen LogP contribution in [0.25, 0.3) is 0 Å². The van der Waals surface area contributed by atoms with Gasteiger partial charge in [0, 0.05) is 13.6 Å². The zero-order valence-corrected chi connectivity index (χ0v) is 12.2. The predicted octanol–water partition coefficient (Wildman–Crippen LogP) is 1.19. The van der Waals surface area contributed by atoms with Gasteiger partial charge in [-0.3, -0.25) is 4.79 Å². The third-order valence-corrected chi connectivity index (χ3v) is 2.72. The summed E-state index contributed by atoms with van der Waals surface area (Å²) in [6.45, 7) is 0.845. The van der Waals surface area contributed by atoms with Crippen LogP contribution in [0.4, 0.5) is 4.79 Å². The molecule has 21 heavy (non-hydrogen) atoms. The number of aliphatic carboxylic acids is 1. The van der Waals surface area contributed by atoms with Crippen molar-refractivity contribution < 1.29 is 24.2 Å². The third kappa shape index (κ3) is 6.51. The van der Waals surface area contributed by atoms with Gasteiger partial charge in [-0.25, -0.2) is 4.79 Å². The summed E-state index contributed by atoms with van der Waals surface area (Å²) in [5.74, 6) is 0.494. The monoisotopic (exact) mass is 296 g/mol. The molecule has 7 heteroatoms. The van der Waals surface area contributed by atoms with Gasteiger partial charge in [0.2, 0.25) is 0 Å². The molecule has 0 saturated heterocycles. The van der Waals surface area contributed by atoms with Gasteiger partial charge in [-0.2, -0.15) is 0 Å². The molecule has 0 saturated carbocycles. The Morgan fingerprint density at radius 2 is 1.86 bits per heavy atom. The zero-order chi connectivity index (χ0) is 15.7. The lowest BCUT2D eigenvalue weighted by molar-refractivity contribution is -0.136. The van der Waals surface area contributed by atoms with Crippen molar-refractivity contribution in [2.75, 3.05) is 33.9 Å². The highest BCUT2D eigenvalue weighted by atomic mass is 16.5. The molecule has 0 radical (unpaired) electrons. The molecule has 0 unspecified atom stereocenters. The number of nitrogens with zero attached hydrogens (tertiary/aromatic N) is 1. The fraction of sp³-hybridized carbons (Fsp3) is 0.429. The lowest BCUT2D eigenvalue weighted by atomic mass is 10.3. The summed E-state index contributed by atoms with van der Waals surface area (Å²) < 4.78 is 10.5. The van der Waals surface area contributed by atoms with Crippen molar-refractivity contribution in [2.45, 2.75) is 6.42 Å². The first-order valence-corrected chi connectivity index (χ1v) is 6.50. The van der Waals surface area contributed by atoms with Gasteiger partial charge >= 0.3 is 12.0 Å². The number of hydrogen-bond donors (Lipinski definition) is 2. The van der Waals surface area contributed by atoms with E-state index in [1.165, 1.54) is 4.90 Å². The number of carbonyl (C=O) groups is 2. The second-order valence-electron chi connectivity index (χ2n) is 4.32. The topological polar surface area (TPSA) is 88.1 Å². The fourth-order valence-electron chi connectivity index (χ4n) is 1.49. The molecular formula is C14H20N2O5. The van der Waals surface area contributed by atoms with Crippen molar-refractivity contribution in [1.29, 1.82) is 0 Å². The van der Waals surface area contributed by atoms with E-state index in [0.29, 0.717) is 18.9 Å². The van der Waals surface area contributed by atoms with Crippen molar-refractivity contribution >= 4 is 12.0 Å². The van der Waals surface area contributed by atoms with Crippen molar-refractivity contribution in [3.63, 3.8) is 0 Å². The maximum absolute atomic E-state index is 11.6.